The first-order valence-corrected chi connectivity index (χ1v) is 7.05. The van der Waals surface area contributed by atoms with Gasteiger partial charge >= 0.3 is 0 Å². The summed E-state index contributed by atoms with van der Waals surface area (Å²) < 4.78 is 2.00. The molecule has 0 spiro atoms. The predicted molar refractivity (Wildman–Crippen MR) is 74.5 cm³/mol. The molecule has 0 bridgehead atoms. The van der Waals surface area contributed by atoms with Crippen molar-refractivity contribution in [3.63, 3.8) is 0 Å². The van der Waals surface area contributed by atoms with Gasteiger partial charge < -0.3 is 10.2 Å². The van der Waals surface area contributed by atoms with E-state index in [-0.39, 0.29) is 0 Å². The number of hydrogen-bond donors (Lipinski definition) is 1. The lowest BCUT2D eigenvalue weighted by Gasteiger charge is -2.35. The molecule has 0 saturated carbocycles. The highest BCUT2D eigenvalue weighted by molar-refractivity contribution is 5.10. The van der Waals surface area contributed by atoms with Crippen molar-refractivity contribution in [1.29, 1.82) is 0 Å². The van der Waals surface area contributed by atoms with Crippen LogP contribution in [0.4, 0.5) is 0 Å². The van der Waals surface area contributed by atoms with Crippen LogP contribution in [-0.2, 0) is 20.0 Å². The third kappa shape index (κ3) is 3.12. The van der Waals surface area contributed by atoms with Crippen LogP contribution in [0.1, 0.15) is 38.1 Å². The topological polar surface area (TPSA) is 33.1 Å². The van der Waals surface area contributed by atoms with Gasteiger partial charge in [-0.3, -0.25) is 4.68 Å². The van der Waals surface area contributed by atoms with E-state index in [1.54, 1.807) is 0 Å². The fourth-order valence-corrected chi connectivity index (χ4v) is 2.63. The van der Waals surface area contributed by atoms with Gasteiger partial charge in [0.15, 0.2) is 0 Å². The van der Waals surface area contributed by atoms with E-state index >= 15 is 0 Å². The first-order chi connectivity index (χ1) is 8.60. The van der Waals surface area contributed by atoms with Crippen LogP contribution in [0.15, 0.2) is 6.07 Å². The minimum Gasteiger partial charge on any atom is -0.308 e. The van der Waals surface area contributed by atoms with Gasteiger partial charge in [-0.25, -0.2) is 0 Å². The van der Waals surface area contributed by atoms with E-state index in [0.717, 1.165) is 13.0 Å². The van der Waals surface area contributed by atoms with Crippen LogP contribution in [0.2, 0.25) is 0 Å². The number of piperidine rings is 1. The van der Waals surface area contributed by atoms with E-state index in [1.165, 1.54) is 30.8 Å². The smallest absolute Gasteiger partial charge is 0.0625 e. The van der Waals surface area contributed by atoms with Gasteiger partial charge in [-0.2, -0.15) is 5.10 Å². The summed E-state index contributed by atoms with van der Waals surface area (Å²) in [5, 5.41) is 8.17. The second-order valence-corrected chi connectivity index (χ2v) is 5.54. The Hall–Kier alpha value is -0.870. The fraction of sp³-hybridized carbons (Fsp3) is 0.786. The highest BCUT2D eigenvalue weighted by Gasteiger charge is 2.22. The molecule has 1 aliphatic rings. The van der Waals surface area contributed by atoms with Crippen molar-refractivity contribution in [3.05, 3.63) is 17.5 Å². The number of hydrogen-bond acceptors (Lipinski definition) is 3. The zero-order chi connectivity index (χ0) is 13.1. The van der Waals surface area contributed by atoms with Crippen molar-refractivity contribution in [2.24, 2.45) is 7.05 Å². The lowest BCUT2D eigenvalue weighted by molar-refractivity contribution is 0.167. The maximum absolute atomic E-state index is 4.49. The van der Waals surface area contributed by atoms with Gasteiger partial charge in [0.1, 0.15) is 0 Å². The predicted octanol–water partition coefficient (Wildman–Crippen LogP) is 1.55. The van der Waals surface area contributed by atoms with E-state index in [1.807, 2.05) is 11.7 Å². The minimum atomic E-state index is 0.649. The minimum absolute atomic E-state index is 0.649. The molecule has 1 N–H and O–H groups in total. The van der Waals surface area contributed by atoms with E-state index in [4.69, 9.17) is 0 Å². The molecule has 2 unspecified atom stereocenters. The molecule has 1 fully saturated rings. The molecule has 102 valence electrons. The molecule has 18 heavy (non-hydrogen) atoms. The molecular weight excluding hydrogens is 224 g/mol. The van der Waals surface area contributed by atoms with Crippen molar-refractivity contribution >= 4 is 0 Å². The zero-order valence-corrected chi connectivity index (χ0v) is 12.1. The molecule has 2 rings (SSSR count). The van der Waals surface area contributed by atoms with E-state index in [0.29, 0.717) is 12.1 Å². The fourth-order valence-electron chi connectivity index (χ4n) is 2.63. The molecule has 1 aromatic heterocycles. The highest BCUT2D eigenvalue weighted by atomic mass is 15.3. The standard InChI is InChI=1S/C14H26N4/c1-5-12-9-14(18(4)16-12)10-15-13-6-7-17(3)11(2)8-13/h9,11,13,15H,5-8,10H2,1-4H3. The molecule has 0 amide bonds. The Morgan fingerprint density at radius 1 is 1.44 bits per heavy atom. The van der Waals surface area contributed by atoms with Crippen molar-refractivity contribution in [2.75, 3.05) is 13.6 Å². The number of nitrogens with one attached hydrogen (secondary N) is 1. The summed E-state index contributed by atoms with van der Waals surface area (Å²) >= 11 is 0. The van der Waals surface area contributed by atoms with Crippen molar-refractivity contribution < 1.29 is 0 Å². The molecule has 0 aromatic carbocycles. The van der Waals surface area contributed by atoms with Gasteiger partial charge in [0, 0.05) is 25.7 Å². The van der Waals surface area contributed by atoms with E-state index in [9.17, 15) is 0 Å². The Morgan fingerprint density at radius 2 is 2.22 bits per heavy atom. The lowest BCUT2D eigenvalue weighted by atomic mass is 9.99. The van der Waals surface area contributed by atoms with Crippen LogP contribution in [0.3, 0.4) is 0 Å². The third-order valence-electron chi connectivity index (χ3n) is 4.17. The Balaban J connectivity index is 1.85. The second-order valence-electron chi connectivity index (χ2n) is 5.54. The Kier molecular flexibility index (Phi) is 4.40. The van der Waals surface area contributed by atoms with Crippen molar-refractivity contribution in [3.8, 4) is 0 Å². The first-order valence-electron chi connectivity index (χ1n) is 7.05. The molecule has 4 nitrogen and oxygen atoms in total. The molecule has 0 radical (unpaired) electrons. The number of aryl methyl sites for hydroxylation is 2. The number of likely N-dealkylation sites (tertiary alicyclic amines) is 1. The second kappa shape index (κ2) is 5.85. The van der Waals surface area contributed by atoms with Crippen molar-refractivity contribution in [1.82, 2.24) is 20.0 Å². The van der Waals surface area contributed by atoms with Gasteiger partial charge in [0.2, 0.25) is 0 Å². The lowest BCUT2D eigenvalue weighted by Crippen LogP contribution is -2.45. The molecular formula is C14H26N4. The normalized spacial score (nSPS) is 25.6. The van der Waals surface area contributed by atoms with Gasteiger partial charge in [-0.1, -0.05) is 6.92 Å². The number of nitrogens with zero attached hydrogens (tertiary/aromatic N) is 3. The molecule has 1 aromatic rings. The third-order valence-corrected chi connectivity index (χ3v) is 4.17. The molecule has 1 saturated heterocycles. The molecule has 1 aliphatic heterocycles. The van der Waals surface area contributed by atoms with Crippen LogP contribution in [0.25, 0.3) is 0 Å². The Bertz CT molecular complexity index is 385. The summed E-state index contributed by atoms with van der Waals surface area (Å²) in [4.78, 5) is 2.44. The van der Waals surface area contributed by atoms with Gasteiger partial charge in [0.25, 0.3) is 0 Å². The Labute approximate surface area is 110 Å². The SMILES string of the molecule is CCc1cc(CNC2CCN(C)C(C)C2)n(C)n1. The molecule has 2 heterocycles. The van der Waals surface area contributed by atoms with Crippen molar-refractivity contribution in [2.45, 2.75) is 51.7 Å². The molecule has 0 aliphatic carbocycles. The number of rotatable bonds is 4. The van der Waals surface area contributed by atoms with Crippen LogP contribution in [0.5, 0.6) is 0 Å². The first kappa shape index (κ1) is 13.6. The summed E-state index contributed by atoms with van der Waals surface area (Å²) in [5.41, 5.74) is 2.48. The Morgan fingerprint density at radius 3 is 2.83 bits per heavy atom. The highest BCUT2D eigenvalue weighted by Crippen LogP contribution is 2.16. The van der Waals surface area contributed by atoms with Gasteiger partial charge in [-0.15, -0.1) is 0 Å². The van der Waals surface area contributed by atoms with Crippen LogP contribution in [0, 0.1) is 0 Å². The van der Waals surface area contributed by atoms with E-state index < -0.39 is 0 Å². The zero-order valence-electron chi connectivity index (χ0n) is 12.1. The summed E-state index contributed by atoms with van der Waals surface area (Å²) in [6.07, 6.45) is 3.51. The monoisotopic (exact) mass is 250 g/mol. The van der Waals surface area contributed by atoms with Crippen LogP contribution < -0.4 is 5.32 Å². The van der Waals surface area contributed by atoms with Crippen LogP contribution in [-0.4, -0.2) is 40.4 Å². The number of aromatic nitrogens is 2. The van der Waals surface area contributed by atoms with Gasteiger partial charge in [0.05, 0.1) is 11.4 Å². The maximum Gasteiger partial charge on any atom is 0.0625 e. The largest absolute Gasteiger partial charge is 0.308 e. The van der Waals surface area contributed by atoms with Gasteiger partial charge in [-0.05, 0) is 45.8 Å². The molecule has 4 heteroatoms. The van der Waals surface area contributed by atoms with E-state index in [2.05, 4.69) is 42.3 Å². The summed E-state index contributed by atoms with van der Waals surface area (Å²) in [7, 11) is 4.25. The quantitative estimate of drug-likeness (QED) is 0.880. The van der Waals surface area contributed by atoms with Crippen LogP contribution >= 0.6 is 0 Å². The summed E-state index contributed by atoms with van der Waals surface area (Å²) in [5.74, 6) is 0. The average molecular weight is 250 g/mol. The average Bonchev–Trinajstić information content (AvgIpc) is 2.72. The summed E-state index contributed by atoms with van der Waals surface area (Å²) in [6, 6.07) is 3.55. The maximum atomic E-state index is 4.49. The summed E-state index contributed by atoms with van der Waals surface area (Å²) in [6.45, 7) is 6.60. The molecule has 2 atom stereocenters.